The van der Waals surface area contributed by atoms with Gasteiger partial charge >= 0.3 is 0 Å². The summed E-state index contributed by atoms with van der Waals surface area (Å²) in [6.07, 6.45) is 16.9. The lowest BCUT2D eigenvalue weighted by Gasteiger charge is -2.58. The van der Waals surface area contributed by atoms with Crippen molar-refractivity contribution in [3.05, 3.63) is 11.6 Å². The van der Waals surface area contributed by atoms with Gasteiger partial charge in [0.2, 0.25) is 5.91 Å². The van der Waals surface area contributed by atoms with Gasteiger partial charge in [0.1, 0.15) is 0 Å². The van der Waals surface area contributed by atoms with Gasteiger partial charge in [-0.15, -0.1) is 0 Å². The Morgan fingerprint density at radius 2 is 1.88 bits per heavy atom. The third-order valence-electron chi connectivity index (χ3n) is 11.6. The first-order valence-electron chi connectivity index (χ1n) is 14.3. The number of rotatable bonds is 9. The van der Waals surface area contributed by atoms with Crippen molar-refractivity contribution in [1.29, 1.82) is 0 Å². The van der Waals surface area contributed by atoms with Crippen molar-refractivity contribution in [3.63, 3.8) is 0 Å². The molecule has 0 aromatic heterocycles. The van der Waals surface area contributed by atoms with E-state index in [9.17, 15) is 9.90 Å². The molecule has 3 unspecified atom stereocenters. The zero-order valence-corrected chi connectivity index (χ0v) is 23.8. The second-order valence-corrected chi connectivity index (χ2v) is 14.0. The second-order valence-electron chi connectivity index (χ2n) is 13.3. The number of alkyl halides is 1. The highest BCUT2D eigenvalue weighted by molar-refractivity contribution is 9.09. The van der Waals surface area contributed by atoms with E-state index in [0.717, 1.165) is 60.6 Å². The van der Waals surface area contributed by atoms with Gasteiger partial charge < -0.3 is 10.8 Å². The molecule has 0 aromatic carbocycles. The van der Waals surface area contributed by atoms with Crippen LogP contribution in [0.25, 0.3) is 0 Å². The number of carbonyl (C=O) groups is 1. The predicted molar refractivity (Wildman–Crippen MR) is 144 cm³/mol. The Morgan fingerprint density at radius 1 is 1.12 bits per heavy atom. The van der Waals surface area contributed by atoms with Crippen LogP contribution in [0.1, 0.15) is 105 Å². The van der Waals surface area contributed by atoms with Gasteiger partial charge in [0.15, 0.2) is 0 Å². The maximum Gasteiger partial charge on any atom is 0.220 e. The van der Waals surface area contributed by atoms with E-state index >= 15 is 0 Å². The van der Waals surface area contributed by atoms with Crippen LogP contribution >= 0.6 is 15.9 Å². The summed E-state index contributed by atoms with van der Waals surface area (Å²) in [5.74, 6) is 4.40. The normalized spacial score (nSPS) is 42.1. The van der Waals surface area contributed by atoms with Gasteiger partial charge in [-0.05, 0) is 111 Å². The number of hydrogen-bond acceptors (Lipinski definition) is 2. The predicted octanol–water partition coefficient (Wildman–Crippen LogP) is 7.26. The molecule has 0 bridgehead atoms. The van der Waals surface area contributed by atoms with Crippen LogP contribution in [0.2, 0.25) is 0 Å². The van der Waals surface area contributed by atoms with E-state index in [0.29, 0.717) is 16.7 Å². The summed E-state index contributed by atoms with van der Waals surface area (Å²) in [4.78, 5) is 11.9. The van der Waals surface area contributed by atoms with Crippen LogP contribution in [0, 0.1) is 52.3 Å². The van der Waals surface area contributed by atoms with Crippen LogP contribution in [-0.2, 0) is 4.79 Å². The number of halogens is 1. The molecule has 1 amide bonds. The minimum Gasteiger partial charge on any atom is -0.393 e. The van der Waals surface area contributed by atoms with Gasteiger partial charge in [0.05, 0.1) is 6.10 Å². The third kappa shape index (κ3) is 4.81. The second kappa shape index (κ2) is 10.6. The SMILES string of the molecule is CC(CCCC(C)[C@H]1CC[C@H]2[C@@H]3CC=C4C[C@@H](O)CC[C@]4(C)[C@H]3CC[C@]12C)C(CCBr)C(N)=O. The van der Waals surface area contributed by atoms with Gasteiger partial charge in [0, 0.05) is 11.2 Å². The van der Waals surface area contributed by atoms with Gasteiger partial charge in [-0.1, -0.05) is 68.1 Å². The fraction of sp³-hybridized carbons (Fsp3) is 0.900. The zero-order chi connectivity index (χ0) is 24.7. The van der Waals surface area contributed by atoms with Crippen molar-refractivity contribution in [3.8, 4) is 0 Å². The molecular formula is C30H50BrNO2. The Hall–Kier alpha value is -0.350. The van der Waals surface area contributed by atoms with Crippen molar-refractivity contribution in [1.82, 2.24) is 0 Å². The number of primary amides is 1. The first-order chi connectivity index (χ1) is 16.1. The standard InChI is InChI=1S/C30H50BrNO2/c1-19(23(14-17-31)28(32)34)6-5-7-20(2)25-10-11-26-24-9-8-21-18-22(33)12-15-29(21,3)27(24)13-16-30(25,26)4/h8,19-20,22-27,33H,5-7,9-18H2,1-4H3,(H2,32,34)/t19?,20?,22-,23?,24-,25+,26-,27-,29-,30+/m0/s1. The summed E-state index contributed by atoms with van der Waals surface area (Å²) in [6, 6.07) is 0. The Morgan fingerprint density at radius 3 is 2.59 bits per heavy atom. The van der Waals surface area contributed by atoms with E-state index in [4.69, 9.17) is 5.73 Å². The van der Waals surface area contributed by atoms with E-state index in [-0.39, 0.29) is 17.9 Å². The molecule has 0 radical (unpaired) electrons. The van der Waals surface area contributed by atoms with Crippen LogP contribution in [0.3, 0.4) is 0 Å². The molecule has 194 valence electrons. The van der Waals surface area contributed by atoms with Crippen LogP contribution in [-0.4, -0.2) is 22.4 Å². The van der Waals surface area contributed by atoms with E-state index in [1.54, 1.807) is 5.57 Å². The number of hydrogen-bond donors (Lipinski definition) is 2. The van der Waals surface area contributed by atoms with Crippen LogP contribution in [0.5, 0.6) is 0 Å². The lowest BCUT2D eigenvalue weighted by atomic mass is 9.47. The van der Waals surface area contributed by atoms with Crippen molar-refractivity contribution in [2.45, 2.75) is 111 Å². The zero-order valence-electron chi connectivity index (χ0n) is 22.2. The van der Waals surface area contributed by atoms with E-state index in [1.807, 2.05) is 0 Å². The maximum atomic E-state index is 11.9. The molecule has 34 heavy (non-hydrogen) atoms. The highest BCUT2D eigenvalue weighted by Crippen LogP contribution is 2.67. The molecule has 3 N–H and O–H groups in total. The van der Waals surface area contributed by atoms with E-state index in [2.05, 4.69) is 49.7 Å². The van der Waals surface area contributed by atoms with Gasteiger partial charge in [-0.25, -0.2) is 0 Å². The first-order valence-corrected chi connectivity index (χ1v) is 15.5. The minimum atomic E-state index is -0.131. The summed E-state index contributed by atoms with van der Waals surface area (Å²) in [5.41, 5.74) is 8.10. The van der Waals surface area contributed by atoms with Crippen molar-refractivity contribution in [2.75, 3.05) is 5.33 Å². The molecule has 4 aliphatic carbocycles. The first kappa shape index (κ1) is 26.7. The molecule has 0 heterocycles. The molecular weight excluding hydrogens is 486 g/mol. The van der Waals surface area contributed by atoms with Crippen molar-refractivity contribution in [2.24, 2.45) is 58.0 Å². The number of aliphatic hydroxyl groups is 1. The summed E-state index contributed by atoms with van der Waals surface area (Å²) in [7, 11) is 0. The quantitative estimate of drug-likeness (QED) is 0.241. The Balaban J connectivity index is 1.37. The molecule has 0 saturated heterocycles. The molecule has 0 aliphatic heterocycles. The Labute approximate surface area is 217 Å². The maximum absolute atomic E-state index is 11.9. The third-order valence-corrected chi connectivity index (χ3v) is 12.1. The summed E-state index contributed by atoms with van der Waals surface area (Å²) < 4.78 is 0. The molecule has 0 aromatic rings. The summed E-state index contributed by atoms with van der Waals surface area (Å²) in [6.45, 7) is 9.92. The Kier molecular flexibility index (Phi) is 8.30. The van der Waals surface area contributed by atoms with Gasteiger partial charge in [0.25, 0.3) is 0 Å². The minimum absolute atomic E-state index is 0.00449. The largest absolute Gasteiger partial charge is 0.393 e. The average molecular weight is 537 g/mol. The van der Waals surface area contributed by atoms with Crippen LogP contribution in [0.4, 0.5) is 0 Å². The molecule has 0 spiro atoms. The highest BCUT2D eigenvalue weighted by atomic mass is 79.9. The molecule has 10 atom stereocenters. The van der Waals surface area contributed by atoms with Crippen LogP contribution < -0.4 is 5.73 Å². The lowest BCUT2D eigenvalue weighted by Crippen LogP contribution is -2.50. The summed E-state index contributed by atoms with van der Waals surface area (Å²) >= 11 is 3.49. The summed E-state index contributed by atoms with van der Waals surface area (Å²) in [5, 5.41) is 11.1. The van der Waals surface area contributed by atoms with E-state index < -0.39 is 0 Å². The van der Waals surface area contributed by atoms with Crippen molar-refractivity contribution < 1.29 is 9.90 Å². The molecule has 3 nitrogen and oxygen atoms in total. The fourth-order valence-electron chi connectivity index (χ4n) is 9.61. The number of allylic oxidation sites excluding steroid dienone is 1. The lowest BCUT2D eigenvalue weighted by molar-refractivity contribution is -0.123. The number of nitrogens with two attached hydrogens (primary N) is 1. The van der Waals surface area contributed by atoms with Gasteiger partial charge in [-0.3, -0.25) is 4.79 Å². The van der Waals surface area contributed by atoms with E-state index in [1.165, 1.54) is 51.4 Å². The molecule has 4 rings (SSSR count). The smallest absolute Gasteiger partial charge is 0.220 e. The molecule has 3 saturated carbocycles. The number of carbonyl (C=O) groups excluding carboxylic acids is 1. The van der Waals surface area contributed by atoms with Crippen molar-refractivity contribution >= 4 is 21.8 Å². The monoisotopic (exact) mass is 535 g/mol. The number of fused-ring (bicyclic) bond motifs is 5. The topological polar surface area (TPSA) is 63.3 Å². The highest BCUT2D eigenvalue weighted by Gasteiger charge is 2.59. The number of aliphatic hydroxyl groups excluding tert-OH is 1. The molecule has 4 aliphatic rings. The number of amides is 1. The average Bonchev–Trinajstić information content (AvgIpc) is 3.14. The van der Waals surface area contributed by atoms with Crippen LogP contribution in [0.15, 0.2) is 11.6 Å². The molecule has 3 fully saturated rings. The fourth-order valence-corrected chi connectivity index (χ4v) is 10.1. The molecule has 4 heteroatoms. The Bertz CT molecular complexity index is 767. The van der Waals surface area contributed by atoms with Gasteiger partial charge in [-0.2, -0.15) is 0 Å².